The minimum atomic E-state index is -3.56. The van der Waals surface area contributed by atoms with Gasteiger partial charge in [0.15, 0.2) is 6.04 Å². The first-order chi connectivity index (χ1) is 12.7. The number of carbonyl (C=O) groups is 1. The van der Waals surface area contributed by atoms with Crippen LogP contribution in [0.2, 0.25) is 0 Å². The third-order valence-electron chi connectivity index (χ3n) is 5.59. The van der Waals surface area contributed by atoms with Gasteiger partial charge in [-0.1, -0.05) is 26.8 Å². The average Bonchev–Trinajstić information content (AvgIpc) is 2.63. The van der Waals surface area contributed by atoms with Crippen molar-refractivity contribution in [2.24, 2.45) is 5.92 Å². The molecule has 1 fully saturated rings. The smallest absolute Gasteiger partial charge is 0.282 e. The molecule has 0 spiro atoms. The predicted molar refractivity (Wildman–Crippen MR) is 108 cm³/mol. The third kappa shape index (κ3) is 5.09. The Kier molecular flexibility index (Phi) is 7.42. The maximum Gasteiger partial charge on any atom is 0.282 e. The molecule has 152 valence electrons. The van der Waals surface area contributed by atoms with Gasteiger partial charge in [-0.2, -0.15) is 4.31 Å². The van der Waals surface area contributed by atoms with Gasteiger partial charge in [-0.15, -0.1) is 0 Å². The van der Waals surface area contributed by atoms with Gasteiger partial charge < -0.3 is 10.2 Å². The number of anilines is 1. The van der Waals surface area contributed by atoms with Crippen molar-refractivity contribution in [2.45, 2.75) is 58.4 Å². The number of nitrogens with one attached hydrogen (secondary N) is 2. The van der Waals surface area contributed by atoms with Crippen molar-refractivity contribution in [3.8, 4) is 0 Å². The van der Waals surface area contributed by atoms with E-state index in [1.54, 1.807) is 25.1 Å². The van der Waals surface area contributed by atoms with Gasteiger partial charge in [-0.05, 0) is 44.4 Å². The lowest BCUT2D eigenvalue weighted by atomic mass is 9.99. The summed E-state index contributed by atoms with van der Waals surface area (Å²) >= 11 is 0. The Morgan fingerprint density at radius 2 is 2.00 bits per heavy atom. The molecule has 1 amide bonds. The molecule has 1 aromatic rings. The van der Waals surface area contributed by atoms with Crippen LogP contribution in [0.3, 0.4) is 0 Å². The standard InChI is InChI=1S/C20H33N3O3S/c1-6-23(7-2)27(25,26)19-13-18(11-10-16(19)4)21-20(24)17(5)22-12-8-9-15(3)14-22/h10-11,13,15,17H,6-9,12,14H2,1-5H3,(H,21,24)/p+1/t15-,17+/m0/s1. The molecule has 1 aromatic carbocycles. The topological polar surface area (TPSA) is 70.9 Å². The van der Waals surface area contributed by atoms with Gasteiger partial charge in [0.05, 0.1) is 18.0 Å². The molecule has 0 radical (unpaired) electrons. The Bertz CT molecular complexity index is 760. The summed E-state index contributed by atoms with van der Waals surface area (Å²) in [5.74, 6) is 0.573. The number of likely N-dealkylation sites (tertiary alicyclic amines) is 1. The van der Waals surface area contributed by atoms with E-state index in [0.29, 0.717) is 30.3 Å². The van der Waals surface area contributed by atoms with Gasteiger partial charge in [0, 0.05) is 24.7 Å². The molecule has 1 unspecified atom stereocenters. The van der Waals surface area contributed by atoms with E-state index in [4.69, 9.17) is 0 Å². The minimum absolute atomic E-state index is 0.0610. The summed E-state index contributed by atoms with van der Waals surface area (Å²) in [7, 11) is -3.56. The molecule has 2 N–H and O–H groups in total. The highest BCUT2D eigenvalue weighted by atomic mass is 32.2. The number of sulfonamides is 1. The fourth-order valence-electron chi connectivity index (χ4n) is 3.82. The van der Waals surface area contributed by atoms with Gasteiger partial charge in [-0.3, -0.25) is 4.79 Å². The van der Waals surface area contributed by atoms with Crippen LogP contribution >= 0.6 is 0 Å². The molecule has 2 rings (SSSR count). The molecule has 27 heavy (non-hydrogen) atoms. The summed E-state index contributed by atoms with van der Waals surface area (Å²) in [5.41, 5.74) is 1.22. The quantitative estimate of drug-likeness (QED) is 0.736. The number of piperidine rings is 1. The number of amides is 1. The first-order valence-electron chi connectivity index (χ1n) is 9.96. The molecule has 0 bridgehead atoms. The van der Waals surface area contributed by atoms with Crippen molar-refractivity contribution in [3.63, 3.8) is 0 Å². The van der Waals surface area contributed by atoms with Crippen LogP contribution in [0, 0.1) is 12.8 Å². The Morgan fingerprint density at radius 3 is 2.59 bits per heavy atom. The number of quaternary nitrogens is 1. The van der Waals surface area contributed by atoms with Gasteiger partial charge in [0.2, 0.25) is 10.0 Å². The van der Waals surface area contributed by atoms with Crippen molar-refractivity contribution in [3.05, 3.63) is 23.8 Å². The van der Waals surface area contributed by atoms with E-state index in [9.17, 15) is 13.2 Å². The Hall–Kier alpha value is -1.44. The fourth-order valence-corrected chi connectivity index (χ4v) is 5.53. The highest BCUT2D eigenvalue weighted by Gasteiger charge is 2.30. The molecular formula is C20H34N3O3S+. The van der Waals surface area contributed by atoms with Crippen LogP contribution in [0.4, 0.5) is 5.69 Å². The van der Waals surface area contributed by atoms with Gasteiger partial charge in [0.25, 0.3) is 5.91 Å². The van der Waals surface area contributed by atoms with Crippen LogP contribution in [-0.4, -0.2) is 50.9 Å². The zero-order valence-electron chi connectivity index (χ0n) is 17.2. The van der Waals surface area contributed by atoms with Crippen LogP contribution < -0.4 is 10.2 Å². The number of benzene rings is 1. The van der Waals surface area contributed by atoms with E-state index < -0.39 is 10.0 Å². The van der Waals surface area contributed by atoms with E-state index >= 15 is 0 Å². The maximum absolute atomic E-state index is 12.9. The molecule has 0 aliphatic carbocycles. The SMILES string of the molecule is CCN(CC)S(=O)(=O)c1cc(NC(=O)[C@@H](C)[NH+]2CCC[C@H](C)C2)ccc1C. The number of carbonyl (C=O) groups excluding carboxylic acids is 1. The molecule has 1 heterocycles. The van der Waals surface area contributed by atoms with E-state index in [0.717, 1.165) is 19.5 Å². The molecule has 0 saturated carbocycles. The molecular weight excluding hydrogens is 362 g/mol. The Morgan fingerprint density at radius 1 is 1.33 bits per heavy atom. The summed E-state index contributed by atoms with van der Waals surface area (Å²) < 4.78 is 27.2. The van der Waals surface area contributed by atoms with Crippen LogP contribution in [-0.2, 0) is 14.8 Å². The van der Waals surface area contributed by atoms with Gasteiger partial charge in [0.1, 0.15) is 0 Å². The first-order valence-corrected chi connectivity index (χ1v) is 11.4. The number of hydrogen-bond donors (Lipinski definition) is 2. The second kappa shape index (κ2) is 9.17. The normalized spacial score (nSPS) is 21.9. The summed E-state index contributed by atoms with van der Waals surface area (Å²) in [5, 5.41) is 2.93. The second-order valence-electron chi connectivity index (χ2n) is 7.64. The second-order valence-corrected chi connectivity index (χ2v) is 9.55. The molecule has 1 saturated heterocycles. The number of rotatable bonds is 7. The van der Waals surface area contributed by atoms with Gasteiger partial charge in [-0.25, -0.2) is 8.42 Å². The van der Waals surface area contributed by atoms with Crippen LogP contribution in [0.5, 0.6) is 0 Å². The zero-order valence-corrected chi connectivity index (χ0v) is 18.0. The zero-order chi connectivity index (χ0) is 20.2. The average molecular weight is 397 g/mol. The molecule has 1 aliphatic heterocycles. The summed E-state index contributed by atoms with van der Waals surface area (Å²) in [4.78, 5) is 14.3. The molecule has 6 nitrogen and oxygen atoms in total. The predicted octanol–water partition coefficient (Wildman–Crippen LogP) is 1.67. The highest BCUT2D eigenvalue weighted by molar-refractivity contribution is 7.89. The molecule has 1 aliphatic rings. The van der Waals surface area contributed by atoms with E-state index in [1.165, 1.54) is 15.6 Å². The fraction of sp³-hybridized carbons (Fsp3) is 0.650. The molecule has 0 aromatic heterocycles. The van der Waals surface area contributed by atoms with E-state index in [1.807, 2.05) is 20.8 Å². The van der Waals surface area contributed by atoms with Crippen molar-refractivity contribution >= 4 is 21.6 Å². The minimum Gasteiger partial charge on any atom is -0.325 e. The molecule has 7 heteroatoms. The van der Waals surface area contributed by atoms with E-state index in [2.05, 4.69) is 12.2 Å². The van der Waals surface area contributed by atoms with Crippen LogP contribution in [0.1, 0.15) is 46.1 Å². The first kappa shape index (κ1) is 21.9. The van der Waals surface area contributed by atoms with Crippen molar-refractivity contribution in [1.82, 2.24) is 4.31 Å². The van der Waals surface area contributed by atoms with Crippen LogP contribution in [0.15, 0.2) is 23.1 Å². The maximum atomic E-state index is 12.9. The largest absolute Gasteiger partial charge is 0.325 e. The van der Waals surface area contributed by atoms with Gasteiger partial charge >= 0.3 is 0 Å². The van der Waals surface area contributed by atoms with Crippen molar-refractivity contribution in [1.29, 1.82) is 0 Å². The molecule has 3 atom stereocenters. The Labute approximate surface area is 164 Å². The van der Waals surface area contributed by atoms with Crippen molar-refractivity contribution in [2.75, 3.05) is 31.5 Å². The van der Waals surface area contributed by atoms with E-state index in [-0.39, 0.29) is 16.8 Å². The lowest BCUT2D eigenvalue weighted by molar-refractivity contribution is -0.922. The van der Waals surface area contributed by atoms with Crippen LogP contribution in [0.25, 0.3) is 0 Å². The summed E-state index contributed by atoms with van der Waals surface area (Å²) in [6, 6.07) is 4.96. The summed E-state index contributed by atoms with van der Waals surface area (Å²) in [6.07, 6.45) is 2.37. The lowest BCUT2D eigenvalue weighted by Crippen LogP contribution is -3.17. The number of hydrogen-bond acceptors (Lipinski definition) is 3. The third-order valence-corrected chi connectivity index (χ3v) is 7.78. The lowest BCUT2D eigenvalue weighted by Gasteiger charge is -2.31. The van der Waals surface area contributed by atoms with Crippen molar-refractivity contribution < 1.29 is 18.1 Å². The Balaban J connectivity index is 2.19. The summed E-state index contributed by atoms with van der Waals surface area (Å²) in [6.45, 7) is 12.5. The number of nitrogens with zero attached hydrogens (tertiary/aromatic N) is 1. The monoisotopic (exact) mass is 396 g/mol. The highest BCUT2D eigenvalue weighted by Crippen LogP contribution is 2.23. The number of aryl methyl sites for hydroxylation is 1.